The lowest BCUT2D eigenvalue weighted by molar-refractivity contribution is -0.469. The smallest absolute Gasteiger partial charge is 0.203 e. The Morgan fingerprint density at radius 2 is 0.528 bits per heavy atom. The van der Waals surface area contributed by atoms with Gasteiger partial charge in [-0.25, -0.2) is 8.78 Å². The standard InChI is InChI=1S/C13H5F23/c1-2(6(20,21)22)4(16,17)7(23,24)9(27,28)11(31,32)13(35,36)12(33,34)10(29,30)8(25,26)5(18,19)3(14)15/h2-3H,1H3. The molecule has 1 unspecified atom stereocenters. The molecule has 218 valence electrons. The summed E-state index contributed by atoms with van der Waals surface area (Å²) in [5.74, 6) is -83.4. The number of alkyl halides is 23. The zero-order valence-electron chi connectivity index (χ0n) is 15.8. The van der Waals surface area contributed by atoms with Gasteiger partial charge in [-0.2, -0.15) is 92.2 Å². The molecule has 36 heavy (non-hydrogen) atoms. The molecule has 0 spiro atoms. The second-order valence-electron chi connectivity index (χ2n) is 6.83. The molecule has 23 heteroatoms. The first kappa shape index (κ1) is 34.4. The van der Waals surface area contributed by atoms with E-state index in [0.717, 1.165) is 0 Å². The zero-order chi connectivity index (χ0) is 30.2. The summed E-state index contributed by atoms with van der Waals surface area (Å²) in [6, 6.07) is 0. The molecule has 0 aromatic carbocycles. The van der Waals surface area contributed by atoms with Crippen molar-refractivity contribution in [3.8, 4) is 0 Å². The van der Waals surface area contributed by atoms with Crippen LogP contribution in [0.4, 0.5) is 101 Å². The molecule has 0 N–H and O–H groups in total. The topological polar surface area (TPSA) is 0 Å². The summed E-state index contributed by atoms with van der Waals surface area (Å²) in [7, 11) is 0. The lowest BCUT2D eigenvalue weighted by Gasteiger charge is -2.45. The van der Waals surface area contributed by atoms with Crippen LogP contribution >= 0.6 is 0 Å². The van der Waals surface area contributed by atoms with Crippen molar-refractivity contribution in [3.63, 3.8) is 0 Å². The van der Waals surface area contributed by atoms with Crippen LogP contribution in [0.25, 0.3) is 0 Å². The van der Waals surface area contributed by atoms with Gasteiger partial charge in [0, 0.05) is 0 Å². The van der Waals surface area contributed by atoms with Gasteiger partial charge in [0.1, 0.15) is 5.92 Å². The van der Waals surface area contributed by atoms with Crippen LogP contribution in [0.1, 0.15) is 6.92 Å². The van der Waals surface area contributed by atoms with Crippen LogP contribution in [0.15, 0.2) is 0 Å². The summed E-state index contributed by atoms with van der Waals surface area (Å²) in [4.78, 5) is 0. The van der Waals surface area contributed by atoms with Gasteiger partial charge in [-0.15, -0.1) is 0 Å². The number of halogens is 23. The van der Waals surface area contributed by atoms with Gasteiger partial charge in [-0.05, 0) is 6.92 Å². The van der Waals surface area contributed by atoms with Gasteiger partial charge in [0.25, 0.3) is 0 Å². The van der Waals surface area contributed by atoms with Gasteiger partial charge in [0.2, 0.25) is 0 Å². The molecule has 0 fully saturated rings. The van der Waals surface area contributed by atoms with Crippen molar-refractivity contribution in [1.82, 2.24) is 0 Å². The molecule has 0 heterocycles. The lowest BCUT2D eigenvalue weighted by atomic mass is 9.84. The van der Waals surface area contributed by atoms with E-state index in [-0.39, 0.29) is 0 Å². The average molecular weight is 598 g/mol. The maximum Gasteiger partial charge on any atom is 0.397 e. The van der Waals surface area contributed by atoms with E-state index in [9.17, 15) is 101 Å². The molecule has 0 aromatic rings. The van der Waals surface area contributed by atoms with Gasteiger partial charge < -0.3 is 0 Å². The summed E-state index contributed by atoms with van der Waals surface area (Å²) in [5, 5.41) is 0. The summed E-state index contributed by atoms with van der Waals surface area (Å²) < 4.78 is 299. The fourth-order valence-corrected chi connectivity index (χ4v) is 2.02. The highest BCUT2D eigenvalue weighted by Gasteiger charge is 2.97. The van der Waals surface area contributed by atoms with Crippen LogP contribution in [-0.4, -0.2) is 65.9 Å². The molecule has 0 radical (unpaired) electrons. The molecule has 0 aliphatic heterocycles. The molecule has 0 aliphatic rings. The van der Waals surface area contributed by atoms with E-state index >= 15 is 0 Å². The van der Waals surface area contributed by atoms with Crippen molar-refractivity contribution in [1.29, 1.82) is 0 Å². The van der Waals surface area contributed by atoms with E-state index < -0.39 is 78.7 Å². The Kier molecular flexibility index (Phi) is 8.07. The first-order valence-corrected chi connectivity index (χ1v) is 7.85. The minimum Gasteiger partial charge on any atom is -0.203 e. The van der Waals surface area contributed by atoms with Gasteiger partial charge in [0.05, 0.1) is 0 Å². The first-order chi connectivity index (χ1) is 15.1. The van der Waals surface area contributed by atoms with Crippen LogP contribution < -0.4 is 0 Å². The summed E-state index contributed by atoms with van der Waals surface area (Å²) >= 11 is 0. The predicted octanol–water partition coefficient (Wildman–Crippen LogP) is 8.17. The van der Waals surface area contributed by atoms with Crippen LogP contribution in [0.5, 0.6) is 0 Å². The summed E-state index contributed by atoms with van der Waals surface area (Å²) in [6.07, 6.45) is -12.9. The average Bonchev–Trinajstić information content (AvgIpc) is 2.64. The van der Waals surface area contributed by atoms with E-state index in [0.29, 0.717) is 0 Å². The van der Waals surface area contributed by atoms with Crippen LogP contribution in [-0.2, 0) is 0 Å². The van der Waals surface area contributed by atoms with Crippen molar-refractivity contribution in [2.75, 3.05) is 0 Å². The SMILES string of the molecule is CC(C(F)(F)F)C(F)(F)C(F)(F)C(F)(F)C(F)(F)C(F)(F)C(F)(F)C(F)(F)C(F)(F)C(F)(F)C(F)F. The molecule has 0 aliphatic carbocycles. The molecule has 0 nitrogen and oxygen atoms in total. The molecule has 1 atom stereocenters. The molecule has 0 amide bonds. The third-order valence-electron chi connectivity index (χ3n) is 4.51. The fraction of sp³-hybridized carbons (Fsp3) is 1.00. The minimum absolute atomic E-state index is 1.16. The molecule has 0 bridgehead atoms. The van der Waals surface area contributed by atoms with Crippen LogP contribution in [0.2, 0.25) is 0 Å². The van der Waals surface area contributed by atoms with E-state index in [4.69, 9.17) is 0 Å². The van der Waals surface area contributed by atoms with Crippen LogP contribution in [0, 0.1) is 5.92 Å². The van der Waals surface area contributed by atoms with E-state index in [1.54, 1.807) is 0 Å². The Labute approximate surface area is 181 Å². The minimum atomic E-state index is -9.25. The van der Waals surface area contributed by atoms with E-state index in [1.807, 2.05) is 0 Å². The summed E-state index contributed by atoms with van der Waals surface area (Å²) in [6.45, 7) is -1.16. The largest absolute Gasteiger partial charge is 0.397 e. The van der Waals surface area contributed by atoms with E-state index in [1.165, 1.54) is 0 Å². The Balaban J connectivity index is 7.10. The maximum absolute atomic E-state index is 13.4. The fourth-order valence-electron chi connectivity index (χ4n) is 2.02. The lowest BCUT2D eigenvalue weighted by Crippen LogP contribution is -2.76. The molecule has 0 saturated carbocycles. The Morgan fingerprint density at radius 1 is 0.333 bits per heavy atom. The maximum atomic E-state index is 13.4. The molecule has 0 saturated heterocycles. The Morgan fingerprint density at radius 3 is 0.722 bits per heavy atom. The zero-order valence-corrected chi connectivity index (χ0v) is 15.8. The second kappa shape index (κ2) is 8.45. The first-order valence-electron chi connectivity index (χ1n) is 7.85. The van der Waals surface area contributed by atoms with Crippen molar-refractivity contribution >= 4 is 0 Å². The van der Waals surface area contributed by atoms with Gasteiger partial charge in [0.15, 0.2) is 0 Å². The van der Waals surface area contributed by atoms with Crippen molar-refractivity contribution < 1.29 is 101 Å². The predicted molar refractivity (Wildman–Crippen MR) is 65.7 cm³/mol. The normalized spacial score (nSPS) is 17.6. The highest BCUT2D eigenvalue weighted by molar-refractivity contribution is 5.18. The van der Waals surface area contributed by atoms with Crippen LogP contribution in [0.3, 0.4) is 0 Å². The van der Waals surface area contributed by atoms with Crippen molar-refractivity contribution in [3.05, 3.63) is 0 Å². The van der Waals surface area contributed by atoms with Gasteiger partial charge >= 0.3 is 65.9 Å². The van der Waals surface area contributed by atoms with Crippen molar-refractivity contribution in [2.24, 2.45) is 5.92 Å². The van der Waals surface area contributed by atoms with E-state index in [2.05, 4.69) is 0 Å². The van der Waals surface area contributed by atoms with Crippen molar-refractivity contribution in [2.45, 2.75) is 72.8 Å². The highest BCUT2D eigenvalue weighted by Crippen LogP contribution is 2.66. The number of rotatable bonds is 10. The second-order valence-corrected chi connectivity index (χ2v) is 6.83. The molecular weight excluding hydrogens is 593 g/mol. The monoisotopic (exact) mass is 598 g/mol. The number of hydrogen-bond acceptors (Lipinski definition) is 0. The Bertz CT molecular complexity index is 784. The Hall–Kier alpha value is -1.61. The third-order valence-corrected chi connectivity index (χ3v) is 4.51. The molecule has 0 aromatic heterocycles. The molecule has 0 rings (SSSR count). The number of hydrogen-bond donors (Lipinski definition) is 0. The van der Waals surface area contributed by atoms with Gasteiger partial charge in [-0.1, -0.05) is 0 Å². The highest BCUT2D eigenvalue weighted by atomic mass is 19.4. The molecular formula is C13H5F23. The van der Waals surface area contributed by atoms with Gasteiger partial charge in [-0.3, -0.25) is 0 Å². The quantitative estimate of drug-likeness (QED) is 0.223. The summed E-state index contributed by atoms with van der Waals surface area (Å²) in [5.41, 5.74) is 0. The third kappa shape index (κ3) is 4.08.